The molecule has 1 aromatic heterocycles. The van der Waals surface area contributed by atoms with Crippen LogP contribution in [0.5, 0.6) is 0 Å². The maximum atomic E-state index is 11.2. The fourth-order valence-corrected chi connectivity index (χ4v) is 1.07. The number of amides is 1. The highest BCUT2D eigenvalue weighted by molar-refractivity contribution is 5.87. The topological polar surface area (TPSA) is 46.9 Å². The van der Waals surface area contributed by atoms with E-state index < -0.39 is 0 Å². The molecule has 0 saturated heterocycles. The van der Waals surface area contributed by atoms with Crippen LogP contribution < -0.4 is 5.32 Å². The van der Waals surface area contributed by atoms with Crippen molar-refractivity contribution >= 4 is 5.91 Å². The smallest absolute Gasteiger partial charge is 0.244 e. The van der Waals surface area contributed by atoms with Gasteiger partial charge in [0.25, 0.3) is 0 Å². The van der Waals surface area contributed by atoms with Gasteiger partial charge in [-0.3, -0.25) is 9.48 Å². The monoisotopic (exact) mass is 193 g/mol. The van der Waals surface area contributed by atoms with Crippen molar-refractivity contribution in [2.75, 3.05) is 0 Å². The molecule has 0 aliphatic heterocycles. The van der Waals surface area contributed by atoms with Crippen molar-refractivity contribution in [1.29, 1.82) is 0 Å². The van der Waals surface area contributed by atoms with Gasteiger partial charge in [-0.2, -0.15) is 5.10 Å². The zero-order chi connectivity index (χ0) is 10.6. The maximum Gasteiger partial charge on any atom is 0.244 e. The first kappa shape index (κ1) is 10.5. The van der Waals surface area contributed by atoms with Crippen LogP contribution in [0.15, 0.2) is 23.9 Å². The minimum atomic E-state index is -0.0637. The molecule has 1 aromatic rings. The lowest BCUT2D eigenvalue weighted by Gasteiger charge is -2.02. The second kappa shape index (κ2) is 4.60. The van der Waals surface area contributed by atoms with E-state index in [2.05, 4.69) is 10.4 Å². The predicted molar refractivity (Wildman–Crippen MR) is 54.5 cm³/mol. The number of allylic oxidation sites excluding steroid dienone is 1. The van der Waals surface area contributed by atoms with Crippen molar-refractivity contribution in [2.45, 2.75) is 20.4 Å². The van der Waals surface area contributed by atoms with Crippen molar-refractivity contribution < 1.29 is 4.79 Å². The molecule has 4 heteroatoms. The first-order valence-corrected chi connectivity index (χ1v) is 4.49. The zero-order valence-corrected chi connectivity index (χ0v) is 8.74. The molecule has 0 aliphatic rings. The Labute approximate surface area is 83.6 Å². The molecule has 0 bridgehead atoms. The minimum absolute atomic E-state index is 0.0637. The van der Waals surface area contributed by atoms with Gasteiger partial charge in [-0.25, -0.2) is 0 Å². The third-order valence-electron chi connectivity index (χ3n) is 1.79. The number of aromatic nitrogens is 2. The third-order valence-corrected chi connectivity index (χ3v) is 1.79. The van der Waals surface area contributed by atoms with Gasteiger partial charge in [-0.05, 0) is 19.9 Å². The molecule has 4 nitrogen and oxygen atoms in total. The fourth-order valence-electron chi connectivity index (χ4n) is 1.07. The Morgan fingerprint density at radius 1 is 1.64 bits per heavy atom. The van der Waals surface area contributed by atoms with Crippen LogP contribution in [0.3, 0.4) is 0 Å². The van der Waals surface area contributed by atoms with Gasteiger partial charge in [-0.1, -0.05) is 5.57 Å². The molecule has 0 atom stereocenters. The molecule has 1 amide bonds. The number of carbonyl (C=O) groups is 1. The highest BCUT2D eigenvalue weighted by Gasteiger charge is 2.00. The van der Waals surface area contributed by atoms with Crippen molar-refractivity contribution in [3.05, 3.63) is 29.6 Å². The number of hydrogen-bond donors (Lipinski definition) is 1. The average Bonchev–Trinajstić information content (AvgIpc) is 2.46. The first-order chi connectivity index (χ1) is 6.59. The number of nitrogens with one attached hydrogen (secondary N) is 1. The summed E-state index contributed by atoms with van der Waals surface area (Å²) in [6.45, 7) is 4.30. The molecule has 0 fully saturated rings. The Bertz CT molecular complexity index is 348. The molecular formula is C10H15N3O. The molecular weight excluding hydrogens is 178 g/mol. The molecule has 0 spiro atoms. The highest BCUT2D eigenvalue weighted by Crippen LogP contribution is 1.95. The van der Waals surface area contributed by atoms with Crippen molar-refractivity contribution in [3.8, 4) is 0 Å². The van der Waals surface area contributed by atoms with Crippen LogP contribution in [-0.4, -0.2) is 15.7 Å². The van der Waals surface area contributed by atoms with Gasteiger partial charge < -0.3 is 5.32 Å². The van der Waals surface area contributed by atoms with E-state index in [9.17, 15) is 4.79 Å². The van der Waals surface area contributed by atoms with Crippen molar-refractivity contribution in [3.63, 3.8) is 0 Å². The van der Waals surface area contributed by atoms with E-state index in [1.807, 2.05) is 27.0 Å². The molecule has 0 aliphatic carbocycles. The lowest BCUT2D eigenvalue weighted by atomic mass is 10.3. The van der Waals surface area contributed by atoms with Crippen LogP contribution in [0.4, 0.5) is 0 Å². The van der Waals surface area contributed by atoms with Crippen LogP contribution in [0.1, 0.15) is 19.5 Å². The van der Waals surface area contributed by atoms with Crippen LogP contribution in [0.25, 0.3) is 0 Å². The van der Waals surface area contributed by atoms with E-state index in [0.29, 0.717) is 6.54 Å². The lowest BCUT2D eigenvalue weighted by Crippen LogP contribution is -2.22. The van der Waals surface area contributed by atoms with Gasteiger partial charge in [-0.15, -0.1) is 0 Å². The molecule has 0 unspecified atom stereocenters. The van der Waals surface area contributed by atoms with Gasteiger partial charge >= 0.3 is 0 Å². The summed E-state index contributed by atoms with van der Waals surface area (Å²) in [5, 5.41) is 6.79. The van der Waals surface area contributed by atoms with E-state index in [-0.39, 0.29) is 5.91 Å². The summed E-state index contributed by atoms with van der Waals surface area (Å²) in [6, 6.07) is 1.88. The predicted octanol–water partition coefficient (Wildman–Crippen LogP) is 1.00. The quantitative estimate of drug-likeness (QED) is 0.728. The molecule has 0 aromatic carbocycles. The normalized spacial score (nSPS) is 9.64. The standard InChI is InChI=1S/C10H15N3O/c1-8(2)6-10(14)11-7-9-4-5-12-13(9)3/h4-6H,7H2,1-3H3,(H,11,14). The van der Waals surface area contributed by atoms with Gasteiger partial charge in [0.15, 0.2) is 0 Å². The summed E-state index contributed by atoms with van der Waals surface area (Å²) in [4.78, 5) is 11.2. The summed E-state index contributed by atoms with van der Waals surface area (Å²) in [5.41, 5.74) is 1.98. The lowest BCUT2D eigenvalue weighted by molar-refractivity contribution is -0.116. The number of carbonyl (C=O) groups excluding carboxylic acids is 1. The Hall–Kier alpha value is -1.58. The van der Waals surface area contributed by atoms with Crippen molar-refractivity contribution in [2.24, 2.45) is 7.05 Å². The van der Waals surface area contributed by atoms with E-state index in [0.717, 1.165) is 11.3 Å². The SMILES string of the molecule is CC(C)=CC(=O)NCc1ccnn1C. The van der Waals surface area contributed by atoms with Crippen LogP contribution in [0, 0.1) is 0 Å². The van der Waals surface area contributed by atoms with Crippen LogP contribution >= 0.6 is 0 Å². The summed E-state index contributed by atoms with van der Waals surface area (Å²) in [7, 11) is 1.85. The molecule has 1 N–H and O–H groups in total. The Balaban J connectivity index is 2.46. The Kier molecular flexibility index (Phi) is 3.45. The average molecular weight is 193 g/mol. The third kappa shape index (κ3) is 3.05. The number of hydrogen-bond acceptors (Lipinski definition) is 2. The van der Waals surface area contributed by atoms with E-state index >= 15 is 0 Å². The van der Waals surface area contributed by atoms with Gasteiger partial charge in [0.2, 0.25) is 5.91 Å². The Morgan fingerprint density at radius 3 is 2.86 bits per heavy atom. The second-order valence-corrected chi connectivity index (χ2v) is 3.39. The molecule has 14 heavy (non-hydrogen) atoms. The molecule has 76 valence electrons. The summed E-state index contributed by atoms with van der Waals surface area (Å²) < 4.78 is 1.74. The van der Waals surface area contributed by atoms with Gasteiger partial charge in [0.1, 0.15) is 0 Å². The largest absolute Gasteiger partial charge is 0.347 e. The maximum absolute atomic E-state index is 11.2. The molecule has 1 heterocycles. The van der Waals surface area contributed by atoms with E-state index in [1.54, 1.807) is 17.0 Å². The zero-order valence-electron chi connectivity index (χ0n) is 8.74. The molecule has 1 rings (SSSR count). The van der Waals surface area contributed by atoms with E-state index in [1.165, 1.54) is 0 Å². The van der Waals surface area contributed by atoms with Crippen molar-refractivity contribution in [1.82, 2.24) is 15.1 Å². The number of aryl methyl sites for hydroxylation is 1. The number of nitrogens with zero attached hydrogens (tertiary/aromatic N) is 2. The van der Waals surface area contributed by atoms with Crippen LogP contribution in [0.2, 0.25) is 0 Å². The highest BCUT2D eigenvalue weighted by atomic mass is 16.1. The van der Waals surface area contributed by atoms with Gasteiger partial charge in [0.05, 0.1) is 12.2 Å². The van der Waals surface area contributed by atoms with Crippen LogP contribution in [-0.2, 0) is 18.4 Å². The number of rotatable bonds is 3. The Morgan fingerprint density at radius 2 is 2.36 bits per heavy atom. The minimum Gasteiger partial charge on any atom is -0.347 e. The fraction of sp³-hybridized carbons (Fsp3) is 0.400. The second-order valence-electron chi connectivity index (χ2n) is 3.39. The van der Waals surface area contributed by atoms with E-state index in [4.69, 9.17) is 0 Å². The molecule has 0 saturated carbocycles. The first-order valence-electron chi connectivity index (χ1n) is 4.49. The summed E-state index contributed by atoms with van der Waals surface area (Å²) in [6.07, 6.45) is 3.29. The molecule has 0 radical (unpaired) electrons. The summed E-state index contributed by atoms with van der Waals surface area (Å²) >= 11 is 0. The van der Waals surface area contributed by atoms with Gasteiger partial charge in [0, 0.05) is 19.3 Å². The summed E-state index contributed by atoms with van der Waals surface area (Å²) in [5.74, 6) is -0.0637.